The molecule has 2 aliphatic rings. The zero-order valence-electron chi connectivity index (χ0n) is 33.6. The molecule has 1 aliphatic heterocycles. The predicted molar refractivity (Wildman–Crippen MR) is 251 cm³/mol. The van der Waals surface area contributed by atoms with Gasteiger partial charge in [-0.1, -0.05) is 158 Å². The molecule has 8 aromatic carbocycles. The molecule has 0 spiro atoms. The first-order valence-electron chi connectivity index (χ1n) is 21.1. The van der Waals surface area contributed by atoms with E-state index >= 15 is 0 Å². The first kappa shape index (κ1) is 35.8. The van der Waals surface area contributed by atoms with Crippen molar-refractivity contribution in [1.82, 2.24) is 19.5 Å². The van der Waals surface area contributed by atoms with Gasteiger partial charge in [0.05, 0.1) is 17.0 Å². The maximum absolute atomic E-state index is 6.58. The molecule has 10 aromatic rings. The minimum atomic E-state index is 0.0239. The summed E-state index contributed by atoms with van der Waals surface area (Å²) >= 11 is 0. The number of benzene rings is 8. The Labute approximate surface area is 359 Å². The van der Waals surface area contributed by atoms with Crippen LogP contribution in [0.2, 0.25) is 0 Å². The second kappa shape index (κ2) is 14.8. The number of hydrogen-bond donors (Lipinski definition) is 0. The third-order valence-corrected chi connectivity index (χ3v) is 12.3. The van der Waals surface area contributed by atoms with Crippen molar-refractivity contribution in [1.29, 1.82) is 0 Å². The van der Waals surface area contributed by atoms with Gasteiger partial charge in [-0.05, 0) is 88.5 Å². The third kappa shape index (κ3) is 6.22. The fourth-order valence-electron chi connectivity index (χ4n) is 9.31. The summed E-state index contributed by atoms with van der Waals surface area (Å²) in [7, 11) is 0. The van der Waals surface area contributed by atoms with Crippen molar-refractivity contribution in [2.24, 2.45) is 0 Å². The van der Waals surface area contributed by atoms with Gasteiger partial charge in [0, 0.05) is 44.6 Å². The van der Waals surface area contributed by atoms with Gasteiger partial charge < -0.3 is 9.30 Å². The average Bonchev–Trinajstić information content (AvgIpc) is 3.90. The third-order valence-electron chi connectivity index (χ3n) is 12.3. The predicted octanol–water partition coefficient (Wildman–Crippen LogP) is 14.0. The smallest absolute Gasteiger partial charge is 0.164 e. The summed E-state index contributed by atoms with van der Waals surface area (Å²) in [6.45, 7) is 0. The van der Waals surface area contributed by atoms with Crippen LogP contribution in [0.4, 0.5) is 0 Å². The first-order chi connectivity index (χ1) is 30.7. The van der Waals surface area contributed by atoms with Crippen LogP contribution in [0.1, 0.15) is 23.0 Å². The molecule has 12 rings (SSSR count). The van der Waals surface area contributed by atoms with Crippen LogP contribution in [0.25, 0.3) is 83.9 Å². The minimum absolute atomic E-state index is 0.0239. The lowest BCUT2D eigenvalue weighted by atomic mass is 9.78. The summed E-state index contributed by atoms with van der Waals surface area (Å²) in [6, 6.07) is 70.6. The van der Waals surface area contributed by atoms with Crippen molar-refractivity contribution < 1.29 is 4.74 Å². The number of ether oxygens (including phenoxy) is 1. The van der Waals surface area contributed by atoms with Crippen LogP contribution < -0.4 is 4.74 Å². The number of rotatable bonds is 7. The Morgan fingerprint density at radius 2 is 0.984 bits per heavy atom. The van der Waals surface area contributed by atoms with Gasteiger partial charge >= 0.3 is 0 Å². The van der Waals surface area contributed by atoms with Gasteiger partial charge in [-0.15, -0.1) is 0 Å². The molecule has 2 atom stereocenters. The van der Waals surface area contributed by atoms with E-state index in [0.29, 0.717) is 17.5 Å². The maximum atomic E-state index is 6.58. The lowest BCUT2D eigenvalue weighted by Crippen LogP contribution is -2.12. The van der Waals surface area contributed by atoms with Gasteiger partial charge in [0.25, 0.3) is 0 Å². The maximum Gasteiger partial charge on any atom is 0.164 e. The molecule has 0 bridgehead atoms. The number of nitrogens with zero attached hydrogens (tertiary/aromatic N) is 4. The van der Waals surface area contributed by atoms with Crippen molar-refractivity contribution in [3.8, 4) is 67.9 Å². The van der Waals surface area contributed by atoms with Crippen molar-refractivity contribution in [3.63, 3.8) is 0 Å². The van der Waals surface area contributed by atoms with Crippen molar-refractivity contribution in [2.45, 2.75) is 11.8 Å². The van der Waals surface area contributed by atoms with E-state index in [9.17, 15) is 0 Å². The zero-order valence-corrected chi connectivity index (χ0v) is 33.6. The van der Waals surface area contributed by atoms with Gasteiger partial charge in [0.2, 0.25) is 0 Å². The van der Waals surface area contributed by atoms with E-state index in [2.05, 4.69) is 162 Å². The SMILES string of the molecule is C1=CC(c2cccc(-c3nc(-c4ccccc4)nc(-c4ccccc4)n3)c2)C2C(=C1)Oc1ccc(-c3cccc(-c4ccc5c(c4)c4ccccc4n5-c4ccccc4)c3)cc12. The fourth-order valence-corrected chi connectivity index (χ4v) is 9.31. The molecule has 0 N–H and O–H groups in total. The fraction of sp³-hybridized carbons (Fsp3) is 0.0351. The van der Waals surface area contributed by atoms with E-state index in [1.165, 1.54) is 44.1 Å². The Balaban J connectivity index is 0.892. The summed E-state index contributed by atoms with van der Waals surface area (Å²) in [5.74, 6) is 3.87. The van der Waals surface area contributed by atoms with Crippen LogP contribution in [0.15, 0.2) is 224 Å². The number of aromatic nitrogens is 4. The van der Waals surface area contributed by atoms with E-state index in [-0.39, 0.29) is 11.8 Å². The topological polar surface area (TPSA) is 52.8 Å². The second-order valence-electron chi connectivity index (χ2n) is 16.0. The Morgan fingerprint density at radius 3 is 1.73 bits per heavy atom. The molecule has 0 saturated carbocycles. The first-order valence-corrected chi connectivity index (χ1v) is 21.1. The van der Waals surface area contributed by atoms with E-state index in [0.717, 1.165) is 45.0 Å². The van der Waals surface area contributed by atoms with Crippen LogP contribution in [0.3, 0.4) is 0 Å². The molecular weight excluding hydrogens is 757 g/mol. The normalized spacial score (nSPS) is 15.3. The lowest BCUT2D eigenvalue weighted by Gasteiger charge is -2.24. The molecule has 5 nitrogen and oxygen atoms in total. The van der Waals surface area contributed by atoms with Crippen molar-refractivity contribution in [3.05, 3.63) is 235 Å². The molecule has 3 heterocycles. The van der Waals surface area contributed by atoms with Crippen molar-refractivity contribution in [2.75, 3.05) is 0 Å². The molecular formula is C57H38N4O. The standard InChI is InChI=1S/C57H38N4O/c1-4-15-37(16-5-1)55-58-56(38-17-6-2-7-18-38)60-57(59-55)44-22-13-21-43(34-44)46-26-14-28-53-54(46)49-36-42(30-32-52(49)62-53)40-20-12-19-39(33-40)41-29-31-51-48(35-41)47-25-10-11-27-50(47)61(51)45-23-8-3-9-24-45/h1-36,46,54H. The monoisotopic (exact) mass is 794 g/mol. The van der Waals surface area contributed by atoms with Crippen LogP contribution in [-0.2, 0) is 0 Å². The summed E-state index contributed by atoms with van der Waals surface area (Å²) in [5.41, 5.74) is 13.4. The summed E-state index contributed by atoms with van der Waals surface area (Å²) < 4.78 is 8.94. The summed E-state index contributed by atoms with van der Waals surface area (Å²) in [6.07, 6.45) is 6.53. The van der Waals surface area contributed by atoms with Gasteiger partial charge in [-0.3, -0.25) is 0 Å². The molecule has 0 amide bonds. The van der Waals surface area contributed by atoms with E-state index in [4.69, 9.17) is 19.7 Å². The highest BCUT2D eigenvalue weighted by molar-refractivity contribution is 6.10. The minimum Gasteiger partial charge on any atom is -0.461 e. The number of allylic oxidation sites excluding steroid dienone is 4. The Morgan fingerprint density at radius 1 is 0.419 bits per heavy atom. The molecule has 292 valence electrons. The van der Waals surface area contributed by atoms with Gasteiger partial charge in [0.15, 0.2) is 17.5 Å². The average molecular weight is 795 g/mol. The molecule has 2 aromatic heterocycles. The highest BCUT2D eigenvalue weighted by Crippen LogP contribution is 2.52. The Bertz CT molecular complexity index is 3330. The summed E-state index contributed by atoms with van der Waals surface area (Å²) in [5, 5.41) is 2.49. The molecule has 0 radical (unpaired) electrons. The molecule has 0 saturated heterocycles. The number of fused-ring (bicyclic) bond motifs is 6. The van der Waals surface area contributed by atoms with Crippen molar-refractivity contribution >= 4 is 21.8 Å². The molecule has 62 heavy (non-hydrogen) atoms. The largest absolute Gasteiger partial charge is 0.461 e. The Kier molecular flexibility index (Phi) is 8.56. The van der Waals surface area contributed by atoms with Crippen LogP contribution >= 0.6 is 0 Å². The molecule has 0 fully saturated rings. The van der Waals surface area contributed by atoms with E-state index < -0.39 is 0 Å². The highest BCUT2D eigenvalue weighted by atomic mass is 16.5. The second-order valence-corrected chi connectivity index (χ2v) is 16.0. The van der Waals surface area contributed by atoms with Crippen LogP contribution in [-0.4, -0.2) is 19.5 Å². The van der Waals surface area contributed by atoms with Crippen LogP contribution in [0, 0.1) is 0 Å². The lowest BCUT2D eigenvalue weighted by molar-refractivity contribution is 0.416. The molecule has 1 aliphatic carbocycles. The quantitative estimate of drug-likeness (QED) is 0.161. The highest BCUT2D eigenvalue weighted by Gasteiger charge is 2.37. The van der Waals surface area contributed by atoms with E-state index in [1.54, 1.807) is 0 Å². The van der Waals surface area contributed by atoms with Crippen LogP contribution in [0.5, 0.6) is 5.75 Å². The van der Waals surface area contributed by atoms with Gasteiger partial charge in [0.1, 0.15) is 11.5 Å². The van der Waals surface area contributed by atoms with Gasteiger partial charge in [-0.25, -0.2) is 15.0 Å². The number of para-hydroxylation sites is 2. The van der Waals surface area contributed by atoms with Gasteiger partial charge in [-0.2, -0.15) is 0 Å². The zero-order chi connectivity index (χ0) is 41.0. The number of hydrogen-bond acceptors (Lipinski definition) is 4. The molecule has 5 heteroatoms. The Hall–Kier alpha value is -8.15. The summed E-state index contributed by atoms with van der Waals surface area (Å²) in [4.78, 5) is 15.0. The van der Waals surface area contributed by atoms with E-state index in [1.807, 2.05) is 60.7 Å². The molecule has 2 unspecified atom stereocenters.